The monoisotopic (exact) mass is 210 g/mol. The molecule has 0 aliphatic heterocycles. The molecule has 0 unspecified atom stereocenters. The Morgan fingerprint density at radius 2 is 1.50 bits per heavy atom. The average Bonchev–Trinajstić information content (AvgIpc) is 2.08. The summed E-state index contributed by atoms with van der Waals surface area (Å²) in [5, 5.41) is 5.28. The molecule has 0 saturated heterocycles. The predicted molar refractivity (Wildman–Crippen MR) is 49.2 cm³/mol. The molecule has 0 atom stereocenters. The number of azo groups is 1. The number of hydrogen-bond donors (Lipinski definition) is 0. The van der Waals surface area contributed by atoms with Crippen molar-refractivity contribution < 1.29 is 13.2 Å². The Balaban J connectivity index is 3.17. The summed E-state index contributed by atoms with van der Waals surface area (Å²) in [7, 11) is 0. The van der Waals surface area contributed by atoms with Crippen molar-refractivity contribution >= 4 is 0 Å². The topological polar surface area (TPSA) is 24.7 Å². The van der Waals surface area contributed by atoms with Crippen LogP contribution in [0.15, 0.2) is 10.2 Å². The van der Waals surface area contributed by atoms with E-state index >= 15 is 0 Å². The van der Waals surface area contributed by atoms with E-state index in [1.54, 1.807) is 0 Å². The van der Waals surface area contributed by atoms with E-state index in [9.17, 15) is 13.2 Å². The highest BCUT2D eigenvalue weighted by atomic mass is 19.4. The molecule has 0 aromatic heterocycles. The van der Waals surface area contributed by atoms with E-state index in [0.29, 0.717) is 6.42 Å². The van der Waals surface area contributed by atoms with E-state index in [2.05, 4.69) is 17.2 Å². The van der Waals surface area contributed by atoms with Gasteiger partial charge in [-0.2, -0.15) is 5.11 Å². The first-order valence-corrected chi connectivity index (χ1v) is 5.01. The fraction of sp³-hybridized carbons (Fsp3) is 1.00. The molecule has 0 N–H and O–H groups in total. The van der Waals surface area contributed by atoms with Crippen molar-refractivity contribution in [1.82, 2.24) is 0 Å². The molecule has 0 amide bonds. The Bertz CT molecular complexity index is 155. The van der Waals surface area contributed by atoms with Crippen LogP contribution in [0.25, 0.3) is 0 Å². The summed E-state index contributed by atoms with van der Waals surface area (Å²) >= 11 is 0. The lowest BCUT2D eigenvalue weighted by atomic mass is 10.1. The van der Waals surface area contributed by atoms with Gasteiger partial charge in [0.1, 0.15) is 0 Å². The SMILES string of the molecule is CCCCCCCCN=NC(F)(F)F. The maximum Gasteiger partial charge on any atom is 0.520 e. The predicted octanol–water partition coefficient (Wildman–Crippen LogP) is 4.32. The zero-order valence-corrected chi connectivity index (χ0v) is 8.48. The molecule has 14 heavy (non-hydrogen) atoms. The molecule has 0 bridgehead atoms. The second kappa shape index (κ2) is 7.76. The number of hydrogen-bond acceptors (Lipinski definition) is 2. The quantitative estimate of drug-likeness (QED) is 0.339. The number of rotatable bonds is 7. The van der Waals surface area contributed by atoms with Crippen LogP contribution in [0.2, 0.25) is 0 Å². The van der Waals surface area contributed by atoms with Crippen molar-refractivity contribution in [3.8, 4) is 0 Å². The van der Waals surface area contributed by atoms with Crippen LogP contribution < -0.4 is 0 Å². The molecule has 0 aromatic carbocycles. The lowest BCUT2D eigenvalue weighted by Crippen LogP contribution is -2.00. The van der Waals surface area contributed by atoms with E-state index in [1.165, 1.54) is 12.8 Å². The zero-order chi connectivity index (χ0) is 10.9. The summed E-state index contributed by atoms with van der Waals surface area (Å²) in [4.78, 5) is 0. The highest BCUT2D eigenvalue weighted by Crippen LogP contribution is 2.16. The van der Waals surface area contributed by atoms with Crippen LogP contribution in [-0.4, -0.2) is 12.8 Å². The van der Waals surface area contributed by atoms with Crippen LogP contribution in [0.1, 0.15) is 45.4 Å². The summed E-state index contributed by atoms with van der Waals surface area (Å²) < 4.78 is 34.4. The van der Waals surface area contributed by atoms with Gasteiger partial charge in [0.2, 0.25) is 0 Å². The van der Waals surface area contributed by atoms with Crippen molar-refractivity contribution in [2.75, 3.05) is 6.54 Å². The van der Waals surface area contributed by atoms with Gasteiger partial charge in [0.25, 0.3) is 0 Å². The average molecular weight is 210 g/mol. The Hall–Kier alpha value is -0.610. The van der Waals surface area contributed by atoms with Gasteiger partial charge in [-0.05, 0) is 6.42 Å². The van der Waals surface area contributed by atoms with Gasteiger partial charge in [0.05, 0.1) is 6.54 Å². The summed E-state index contributed by atoms with van der Waals surface area (Å²) in [5.41, 5.74) is 0. The highest BCUT2D eigenvalue weighted by Gasteiger charge is 2.26. The second-order valence-electron chi connectivity index (χ2n) is 3.20. The van der Waals surface area contributed by atoms with Gasteiger partial charge in [-0.1, -0.05) is 44.1 Å². The summed E-state index contributed by atoms with van der Waals surface area (Å²) in [6.45, 7) is 2.31. The van der Waals surface area contributed by atoms with Crippen LogP contribution in [0.5, 0.6) is 0 Å². The van der Waals surface area contributed by atoms with Crippen LogP contribution in [0, 0.1) is 0 Å². The molecule has 0 aliphatic carbocycles. The lowest BCUT2D eigenvalue weighted by molar-refractivity contribution is -0.126. The smallest absolute Gasteiger partial charge is 0.186 e. The van der Waals surface area contributed by atoms with E-state index in [0.717, 1.165) is 19.3 Å². The van der Waals surface area contributed by atoms with Gasteiger partial charge in [0.15, 0.2) is 0 Å². The fourth-order valence-corrected chi connectivity index (χ4v) is 1.09. The number of halogens is 3. The van der Waals surface area contributed by atoms with Crippen LogP contribution in [0.4, 0.5) is 13.2 Å². The third-order valence-corrected chi connectivity index (χ3v) is 1.80. The Kier molecular flexibility index (Phi) is 7.42. The maximum absolute atomic E-state index is 11.5. The van der Waals surface area contributed by atoms with Crippen LogP contribution in [-0.2, 0) is 0 Å². The normalized spacial score (nSPS) is 12.6. The standard InChI is InChI=1S/C9H17F3N2/c1-2-3-4-5-6-7-8-13-14-9(10,11)12/h2-8H2,1H3. The molecule has 0 radical (unpaired) electrons. The largest absolute Gasteiger partial charge is 0.520 e. The van der Waals surface area contributed by atoms with Crippen LogP contribution in [0.3, 0.4) is 0 Å². The molecule has 0 spiro atoms. The highest BCUT2D eigenvalue weighted by molar-refractivity contribution is 4.47. The molecule has 2 nitrogen and oxygen atoms in total. The van der Waals surface area contributed by atoms with Crippen LogP contribution >= 0.6 is 0 Å². The van der Waals surface area contributed by atoms with E-state index in [1.807, 2.05) is 0 Å². The Labute approximate surface area is 82.6 Å². The first-order valence-electron chi connectivity index (χ1n) is 5.01. The van der Waals surface area contributed by atoms with Crippen molar-refractivity contribution in [2.24, 2.45) is 10.2 Å². The lowest BCUT2D eigenvalue weighted by Gasteiger charge is -1.98. The summed E-state index contributed by atoms with van der Waals surface area (Å²) in [5.74, 6) is 0. The summed E-state index contributed by atoms with van der Waals surface area (Å²) in [6, 6.07) is 0. The van der Waals surface area contributed by atoms with Gasteiger partial charge >= 0.3 is 6.30 Å². The minimum absolute atomic E-state index is 0.186. The van der Waals surface area contributed by atoms with Crippen molar-refractivity contribution in [2.45, 2.75) is 51.7 Å². The molecule has 5 heteroatoms. The number of alkyl halides is 3. The van der Waals surface area contributed by atoms with Gasteiger partial charge in [-0.3, -0.25) is 0 Å². The van der Waals surface area contributed by atoms with E-state index in [4.69, 9.17) is 0 Å². The first kappa shape index (κ1) is 13.4. The van der Waals surface area contributed by atoms with Gasteiger partial charge in [-0.15, -0.1) is 13.2 Å². The molecule has 0 rings (SSSR count). The molecule has 0 aromatic rings. The van der Waals surface area contributed by atoms with Gasteiger partial charge in [-0.25, -0.2) is 0 Å². The van der Waals surface area contributed by atoms with Crippen molar-refractivity contribution in [1.29, 1.82) is 0 Å². The van der Waals surface area contributed by atoms with E-state index in [-0.39, 0.29) is 6.54 Å². The van der Waals surface area contributed by atoms with Gasteiger partial charge < -0.3 is 0 Å². The molecular formula is C9H17F3N2. The fourth-order valence-electron chi connectivity index (χ4n) is 1.09. The Morgan fingerprint density at radius 1 is 0.929 bits per heavy atom. The summed E-state index contributed by atoms with van der Waals surface area (Å²) in [6.07, 6.45) is 1.75. The Morgan fingerprint density at radius 3 is 2.07 bits per heavy atom. The molecule has 0 heterocycles. The van der Waals surface area contributed by atoms with Gasteiger partial charge in [0, 0.05) is 0 Å². The van der Waals surface area contributed by atoms with Crippen molar-refractivity contribution in [3.05, 3.63) is 0 Å². The third-order valence-electron chi connectivity index (χ3n) is 1.80. The van der Waals surface area contributed by atoms with Crippen molar-refractivity contribution in [3.63, 3.8) is 0 Å². The molecular weight excluding hydrogens is 193 g/mol. The molecule has 0 fully saturated rings. The molecule has 84 valence electrons. The molecule has 0 saturated carbocycles. The minimum atomic E-state index is -4.50. The third kappa shape index (κ3) is 11.4. The first-order chi connectivity index (χ1) is 6.56. The molecule has 0 aliphatic rings. The number of unbranched alkanes of at least 4 members (excludes halogenated alkanes) is 5. The van der Waals surface area contributed by atoms with E-state index < -0.39 is 6.30 Å². The maximum atomic E-state index is 11.5. The minimum Gasteiger partial charge on any atom is -0.186 e. The number of nitrogens with zero attached hydrogens (tertiary/aromatic N) is 2. The second-order valence-corrected chi connectivity index (χ2v) is 3.20. The zero-order valence-electron chi connectivity index (χ0n) is 8.48.